The van der Waals surface area contributed by atoms with Crippen LogP contribution in [0.1, 0.15) is 11.3 Å². The van der Waals surface area contributed by atoms with Gasteiger partial charge >= 0.3 is 0 Å². The molecule has 0 atom stereocenters. The lowest BCUT2D eigenvalue weighted by Crippen LogP contribution is -2.33. The zero-order chi connectivity index (χ0) is 21.7. The van der Waals surface area contributed by atoms with Crippen molar-refractivity contribution in [3.8, 4) is 11.4 Å². The molecule has 4 aromatic rings. The topological polar surface area (TPSA) is 105 Å². The average molecular weight is 455 g/mol. The van der Waals surface area contributed by atoms with E-state index in [1.165, 1.54) is 16.4 Å². The lowest BCUT2D eigenvalue weighted by Gasteiger charge is -2.22. The largest absolute Gasteiger partial charge is 0.260 e. The minimum absolute atomic E-state index is 0.173. The Morgan fingerprint density at radius 1 is 0.968 bits per heavy atom. The second-order valence-electron chi connectivity index (χ2n) is 6.80. The van der Waals surface area contributed by atoms with E-state index < -0.39 is 10.0 Å². The number of aromatic amines is 1. The summed E-state index contributed by atoms with van der Waals surface area (Å²) in [5, 5.41) is 14.4. The molecule has 4 rings (SSSR count). The van der Waals surface area contributed by atoms with Gasteiger partial charge in [0.2, 0.25) is 15.8 Å². The smallest absolute Gasteiger partial charge is 0.243 e. The fraction of sp³-hybridized carbons (Fsp3) is 0.143. The Hall–Kier alpha value is -3.14. The summed E-state index contributed by atoms with van der Waals surface area (Å²) in [5.74, 6) is 0.508. The molecule has 0 aliphatic heterocycles. The number of pyridine rings is 1. The zero-order valence-electron chi connectivity index (χ0n) is 16.4. The molecule has 0 bridgehead atoms. The monoisotopic (exact) mass is 454 g/mol. The number of H-pyrrole nitrogens is 1. The van der Waals surface area contributed by atoms with Crippen LogP contribution in [0.25, 0.3) is 11.4 Å². The predicted octanol–water partition coefficient (Wildman–Crippen LogP) is 3.35. The van der Waals surface area contributed by atoms with Crippen LogP contribution in [0.15, 0.2) is 77.8 Å². The van der Waals surface area contributed by atoms with E-state index in [9.17, 15) is 8.42 Å². The van der Waals surface area contributed by atoms with Gasteiger partial charge in [-0.1, -0.05) is 41.9 Å². The summed E-state index contributed by atoms with van der Waals surface area (Å²) in [4.78, 5) is 4.48. The maximum absolute atomic E-state index is 13.3. The summed E-state index contributed by atoms with van der Waals surface area (Å²) in [6, 6.07) is 19.3. The van der Waals surface area contributed by atoms with E-state index in [1.54, 1.807) is 24.4 Å². The number of rotatable bonds is 8. The van der Waals surface area contributed by atoms with Gasteiger partial charge in [-0.05, 0) is 53.6 Å². The van der Waals surface area contributed by atoms with Crippen molar-refractivity contribution in [3.63, 3.8) is 0 Å². The van der Waals surface area contributed by atoms with Gasteiger partial charge in [0.15, 0.2) is 0 Å². The maximum Gasteiger partial charge on any atom is 0.243 e. The van der Waals surface area contributed by atoms with Crippen LogP contribution >= 0.6 is 11.6 Å². The number of sulfonamides is 1. The third-order valence-electron chi connectivity index (χ3n) is 4.72. The molecule has 2 heterocycles. The Morgan fingerprint density at radius 2 is 1.74 bits per heavy atom. The highest BCUT2D eigenvalue weighted by atomic mass is 35.5. The standard InChI is InChI=1S/C21H19ClN6O2S/c22-18-8-10-20(11-9-18)31(29,30)28(15-19-3-1-2-13-23-19)14-12-16-4-6-17(7-5-16)21-24-26-27-25-21/h1-11,13H,12,14-15H2,(H,24,25,26,27). The van der Waals surface area contributed by atoms with Crippen LogP contribution in [-0.4, -0.2) is 44.9 Å². The van der Waals surface area contributed by atoms with E-state index in [0.717, 1.165) is 11.1 Å². The zero-order valence-corrected chi connectivity index (χ0v) is 18.0. The van der Waals surface area contributed by atoms with Crippen molar-refractivity contribution in [3.05, 3.63) is 89.2 Å². The molecule has 10 heteroatoms. The first-order valence-electron chi connectivity index (χ1n) is 9.51. The highest BCUT2D eigenvalue weighted by Gasteiger charge is 2.25. The van der Waals surface area contributed by atoms with Crippen molar-refractivity contribution in [1.82, 2.24) is 29.9 Å². The minimum atomic E-state index is -3.73. The van der Waals surface area contributed by atoms with E-state index in [4.69, 9.17) is 11.6 Å². The SMILES string of the molecule is O=S(=O)(c1ccc(Cl)cc1)N(CCc1ccc(-c2nn[nH]n2)cc1)Cc1ccccn1. The molecular formula is C21H19ClN6O2S. The molecule has 8 nitrogen and oxygen atoms in total. The van der Waals surface area contributed by atoms with Crippen molar-refractivity contribution in [1.29, 1.82) is 0 Å². The van der Waals surface area contributed by atoms with Gasteiger partial charge < -0.3 is 0 Å². The Morgan fingerprint density at radius 3 is 2.39 bits per heavy atom. The first kappa shape index (κ1) is 21.1. The van der Waals surface area contributed by atoms with Gasteiger partial charge in [0.25, 0.3) is 0 Å². The highest BCUT2D eigenvalue weighted by molar-refractivity contribution is 7.89. The van der Waals surface area contributed by atoms with Crippen molar-refractivity contribution < 1.29 is 8.42 Å². The van der Waals surface area contributed by atoms with Crippen molar-refractivity contribution in [2.45, 2.75) is 17.9 Å². The molecule has 1 N–H and O–H groups in total. The fourth-order valence-electron chi connectivity index (χ4n) is 3.07. The second-order valence-corrected chi connectivity index (χ2v) is 9.17. The quantitative estimate of drug-likeness (QED) is 0.437. The van der Waals surface area contributed by atoms with Crippen LogP contribution in [0.4, 0.5) is 0 Å². The van der Waals surface area contributed by atoms with Crippen LogP contribution in [0, 0.1) is 0 Å². The normalized spacial score (nSPS) is 11.7. The Balaban J connectivity index is 1.55. The number of tetrazole rings is 1. The number of halogens is 1. The summed E-state index contributed by atoms with van der Waals surface area (Å²) in [6.45, 7) is 0.468. The van der Waals surface area contributed by atoms with Gasteiger partial charge in [0.1, 0.15) is 0 Å². The van der Waals surface area contributed by atoms with Gasteiger partial charge in [-0.3, -0.25) is 4.98 Å². The summed E-state index contributed by atoms with van der Waals surface area (Å²) in [5.41, 5.74) is 2.49. The summed E-state index contributed by atoms with van der Waals surface area (Å²) < 4.78 is 28.1. The lowest BCUT2D eigenvalue weighted by molar-refractivity contribution is 0.405. The Bertz CT molecular complexity index is 1220. The van der Waals surface area contributed by atoms with Gasteiger partial charge in [-0.15, -0.1) is 10.2 Å². The van der Waals surface area contributed by atoms with Crippen molar-refractivity contribution in [2.24, 2.45) is 0 Å². The molecule has 0 aliphatic carbocycles. The molecule has 0 saturated carbocycles. The third-order valence-corrected chi connectivity index (χ3v) is 6.83. The molecule has 31 heavy (non-hydrogen) atoms. The molecule has 0 saturated heterocycles. The first-order valence-corrected chi connectivity index (χ1v) is 11.3. The maximum atomic E-state index is 13.3. The Kier molecular flexibility index (Phi) is 6.36. The summed E-state index contributed by atoms with van der Waals surface area (Å²) in [7, 11) is -3.73. The summed E-state index contributed by atoms with van der Waals surface area (Å²) >= 11 is 5.93. The number of benzene rings is 2. The molecule has 0 amide bonds. The van der Waals surface area contributed by atoms with Gasteiger partial charge in [-0.2, -0.15) is 9.52 Å². The molecule has 2 aromatic heterocycles. The van der Waals surface area contributed by atoms with Crippen molar-refractivity contribution >= 4 is 21.6 Å². The van der Waals surface area contributed by atoms with Crippen molar-refractivity contribution in [2.75, 3.05) is 6.54 Å². The van der Waals surface area contributed by atoms with E-state index in [0.29, 0.717) is 29.5 Å². The number of hydrogen-bond acceptors (Lipinski definition) is 6. The molecule has 0 spiro atoms. The van der Waals surface area contributed by atoms with Crippen LogP contribution in [-0.2, 0) is 23.0 Å². The van der Waals surface area contributed by atoms with E-state index >= 15 is 0 Å². The summed E-state index contributed by atoms with van der Waals surface area (Å²) in [6.07, 6.45) is 2.19. The molecular weight excluding hydrogens is 436 g/mol. The second kappa shape index (κ2) is 9.34. The molecule has 2 aromatic carbocycles. The van der Waals surface area contributed by atoms with E-state index in [1.807, 2.05) is 36.4 Å². The van der Waals surface area contributed by atoms with E-state index in [-0.39, 0.29) is 11.4 Å². The Labute approximate surface area is 185 Å². The van der Waals surface area contributed by atoms with Crippen LogP contribution in [0.2, 0.25) is 5.02 Å². The van der Waals surface area contributed by atoms with Crippen LogP contribution in [0.5, 0.6) is 0 Å². The highest BCUT2D eigenvalue weighted by Crippen LogP contribution is 2.21. The number of hydrogen-bond donors (Lipinski definition) is 1. The molecule has 0 aliphatic rings. The molecule has 0 unspecified atom stereocenters. The first-order chi connectivity index (χ1) is 15.0. The molecule has 0 fully saturated rings. The van der Waals surface area contributed by atoms with Gasteiger partial charge in [-0.25, -0.2) is 8.42 Å². The fourth-order valence-corrected chi connectivity index (χ4v) is 4.61. The van der Waals surface area contributed by atoms with Gasteiger partial charge in [0.05, 0.1) is 17.1 Å². The average Bonchev–Trinajstić information content (AvgIpc) is 3.33. The van der Waals surface area contributed by atoms with Crippen LogP contribution < -0.4 is 0 Å². The lowest BCUT2D eigenvalue weighted by atomic mass is 10.1. The third kappa shape index (κ3) is 5.13. The predicted molar refractivity (Wildman–Crippen MR) is 117 cm³/mol. The van der Waals surface area contributed by atoms with Gasteiger partial charge in [0, 0.05) is 23.3 Å². The van der Waals surface area contributed by atoms with Crippen LogP contribution in [0.3, 0.4) is 0 Å². The molecule has 158 valence electrons. The molecule has 0 radical (unpaired) electrons. The van der Waals surface area contributed by atoms with E-state index in [2.05, 4.69) is 25.6 Å². The minimum Gasteiger partial charge on any atom is -0.260 e. The number of nitrogens with zero attached hydrogens (tertiary/aromatic N) is 5. The number of aromatic nitrogens is 5. The number of nitrogens with one attached hydrogen (secondary N) is 1.